The van der Waals surface area contributed by atoms with Gasteiger partial charge < -0.3 is 20.5 Å². The van der Waals surface area contributed by atoms with Gasteiger partial charge in [-0.3, -0.25) is 9.59 Å². The van der Waals surface area contributed by atoms with E-state index in [0.717, 1.165) is 10.4 Å². The molecule has 36 heavy (non-hydrogen) atoms. The van der Waals surface area contributed by atoms with Crippen molar-refractivity contribution in [3.05, 3.63) is 101 Å². The lowest BCUT2D eigenvalue weighted by Gasteiger charge is -2.33. The van der Waals surface area contributed by atoms with E-state index in [2.05, 4.69) is 15.4 Å². The molecule has 1 aliphatic heterocycles. The Hall–Kier alpha value is -4.15. The van der Waals surface area contributed by atoms with Crippen molar-refractivity contribution in [2.24, 2.45) is 5.73 Å². The summed E-state index contributed by atoms with van der Waals surface area (Å²) in [6.07, 6.45) is 5.93. The zero-order valence-electron chi connectivity index (χ0n) is 18.7. The van der Waals surface area contributed by atoms with Gasteiger partial charge in [0, 0.05) is 18.8 Å². The van der Waals surface area contributed by atoms with Gasteiger partial charge in [0.15, 0.2) is 5.82 Å². The molecule has 3 N–H and O–H groups in total. The van der Waals surface area contributed by atoms with Crippen molar-refractivity contribution in [2.45, 2.75) is 18.2 Å². The number of ether oxygens (including phenoxy) is 2. The molecule has 5 rings (SSSR count). The van der Waals surface area contributed by atoms with Crippen molar-refractivity contribution in [1.82, 2.24) is 20.1 Å². The Balaban J connectivity index is 1.47. The summed E-state index contributed by atoms with van der Waals surface area (Å²) >= 11 is 7.71. The van der Waals surface area contributed by atoms with Gasteiger partial charge >= 0.3 is 11.7 Å². The molecule has 1 unspecified atom stereocenters. The number of nitrogens with two attached hydrogens (primary N) is 1. The van der Waals surface area contributed by atoms with Gasteiger partial charge in [-0.05, 0) is 35.2 Å². The van der Waals surface area contributed by atoms with Crippen molar-refractivity contribution < 1.29 is 19.1 Å². The van der Waals surface area contributed by atoms with E-state index < -0.39 is 23.6 Å². The van der Waals surface area contributed by atoms with Crippen molar-refractivity contribution in [1.29, 1.82) is 0 Å². The smallest absolute Gasteiger partial charge is 0.352 e. The fourth-order valence-corrected chi connectivity index (χ4v) is 5.02. The molecule has 0 saturated carbocycles. The Labute approximate surface area is 215 Å². The predicted molar refractivity (Wildman–Crippen MR) is 134 cm³/mol. The normalized spacial score (nSPS) is 14.6. The minimum Gasteiger partial charge on any atom is -0.447 e. The zero-order chi connectivity index (χ0) is 25.1. The first-order valence-corrected chi connectivity index (χ1v) is 12.1. The van der Waals surface area contributed by atoms with Gasteiger partial charge in [0.25, 0.3) is 5.91 Å². The van der Waals surface area contributed by atoms with Crippen molar-refractivity contribution in [3.8, 4) is 16.4 Å². The van der Waals surface area contributed by atoms with E-state index in [0.29, 0.717) is 16.5 Å². The number of primary amides is 1. The van der Waals surface area contributed by atoms with Crippen LogP contribution in [0.4, 0.5) is 0 Å². The summed E-state index contributed by atoms with van der Waals surface area (Å²) in [5.41, 5.74) is 7.40. The molecule has 0 saturated heterocycles. The molecular formula is C25H20ClN5O4S. The molecule has 2 amide bonds. The standard InChI is InChI=1S/C25H20ClN5O4S/c26-18-9-14-36-21(18)19-8-11-31(30-19)22-17(7-4-10-28-22)23(32)29-20(15-16-5-2-1-3-6-16)25(24(27)33)34-12-13-35-25/h1-14,20H,15H2,(H2,27,33)(H,29,32). The Morgan fingerprint density at radius 1 is 1.11 bits per heavy atom. The summed E-state index contributed by atoms with van der Waals surface area (Å²) in [6, 6.07) is 15.2. The lowest BCUT2D eigenvalue weighted by atomic mass is 9.97. The molecule has 4 heterocycles. The second-order valence-electron chi connectivity index (χ2n) is 7.87. The van der Waals surface area contributed by atoms with Gasteiger partial charge in [-0.1, -0.05) is 41.9 Å². The number of hydrogen-bond acceptors (Lipinski definition) is 7. The number of halogens is 1. The number of rotatable bonds is 8. The molecule has 1 aromatic carbocycles. The average molecular weight is 522 g/mol. The Bertz CT molecular complexity index is 1430. The molecule has 182 valence electrons. The number of hydrogen-bond donors (Lipinski definition) is 2. The van der Waals surface area contributed by atoms with E-state index in [1.165, 1.54) is 28.5 Å². The molecule has 9 nitrogen and oxygen atoms in total. The average Bonchev–Trinajstić information content (AvgIpc) is 3.65. The fourth-order valence-electron chi connectivity index (χ4n) is 3.90. The Kier molecular flexibility index (Phi) is 6.45. The number of nitrogens with one attached hydrogen (secondary N) is 1. The maximum atomic E-state index is 13.6. The van der Waals surface area contributed by atoms with Crippen molar-refractivity contribution in [3.63, 3.8) is 0 Å². The minimum atomic E-state index is -1.90. The van der Waals surface area contributed by atoms with E-state index in [1.54, 1.807) is 36.7 Å². The highest BCUT2D eigenvalue weighted by Crippen LogP contribution is 2.32. The summed E-state index contributed by atoms with van der Waals surface area (Å²) in [5.74, 6) is -2.98. The minimum absolute atomic E-state index is 0.218. The topological polar surface area (TPSA) is 121 Å². The SMILES string of the molecule is NC(=O)C1(C(Cc2ccccc2)NC(=O)c2cccnc2-n2ccc(-c3sccc3Cl)n2)OC=CO1. The van der Waals surface area contributed by atoms with Gasteiger partial charge in [-0.2, -0.15) is 5.10 Å². The second kappa shape index (κ2) is 9.84. The molecule has 3 aromatic heterocycles. The maximum absolute atomic E-state index is 13.6. The number of pyridine rings is 1. The van der Waals surface area contributed by atoms with Crippen LogP contribution >= 0.6 is 22.9 Å². The van der Waals surface area contributed by atoms with Crippen LogP contribution in [-0.4, -0.2) is 38.4 Å². The number of carbonyl (C=O) groups is 2. The third-order valence-corrected chi connectivity index (χ3v) is 6.98. The highest BCUT2D eigenvalue weighted by Gasteiger charge is 2.51. The second-order valence-corrected chi connectivity index (χ2v) is 9.20. The van der Waals surface area contributed by atoms with E-state index in [-0.39, 0.29) is 12.0 Å². The van der Waals surface area contributed by atoms with Crippen LogP contribution in [-0.2, 0) is 20.7 Å². The summed E-state index contributed by atoms with van der Waals surface area (Å²) in [4.78, 5) is 31.2. The molecule has 0 fully saturated rings. The fraction of sp³-hybridized carbons (Fsp3) is 0.120. The van der Waals surface area contributed by atoms with E-state index in [4.69, 9.17) is 26.8 Å². The molecule has 0 aliphatic carbocycles. The number of carbonyl (C=O) groups excluding carboxylic acids is 2. The van der Waals surface area contributed by atoms with Gasteiger partial charge in [0.05, 0.1) is 15.5 Å². The molecule has 1 atom stereocenters. The maximum Gasteiger partial charge on any atom is 0.352 e. The Morgan fingerprint density at radius 2 is 1.89 bits per heavy atom. The molecule has 0 radical (unpaired) electrons. The molecular weight excluding hydrogens is 502 g/mol. The van der Waals surface area contributed by atoms with E-state index in [9.17, 15) is 9.59 Å². The first-order valence-electron chi connectivity index (χ1n) is 10.9. The third-order valence-electron chi connectivity index (χ3n) is 5.62. The van der Waals surface area contributed by atoms with Crippen molar-refractivity contribution in [2.75, 3.05) is 0 Å². The summed E-state index contributed by atoms with van der Waals surface area (Å²) in [5, 5.41) is 9.90. The number of amides is 2. The van der Waals surface area contributed by atoms with Crippen LogP contribution in [0.15, 0.2) is 84.9 Å². The van der Waals surface area contributed by atoms with Gasteiger partial charge in [-0.15, -0.1) is 11.3 Å². The quantitative estimate of drug-likeness (QED) is 0.365. The van der Waals surface area contributed by atoms with Gasteiger partial charge in [0.2, 0.25) is 0 Å². The van der Waals surface area contributed by atoms with E-state index in [1.807, 2.05) is 35.7 Å². The van der Waals surface area contributed by atoms with Crippen LogP contribution in [0, 0.1) is 0 Å². The van der Waals surface area contributed by atoms with Crippen LogP contribution in [0.2, 0.25) is 5.02 Å². The van der Waals surface area contributed by atoms with Crippen LogP contribution in [0.25, 0.3) is 16.4 Å². The van der Waals surface area contributed by atoms with Crippen LogP contribution < -0.4 is 11.1 Å². The van der Waals surface area contributed by atoms with Crippen LogP contribution in [0.3, 0.4) is 0 Å². The van der Waals surface area contributed by atoms with E-state index >= 15 is 0 Å². The van der Waals surface area contributed by atoms with Crippen LogP contribution in [0.1, 0.15) is 15.9 Å². The highest BCUT2D eigenvalue weighted by atomic mass is 35.5. The summed E-state index contributed by atoms with van der Waals surface area (Å²) < 4.78 is 12.5. The molecule has 1 aliphatic rings. The first kappa shape index (κ1) is 23.6. The summed E-state index contributed by atoms with van der Waals surface area (Å²) in [7, 11) is 0. The van der Waals surface area contributed by atoms with Gasteiger partial charge in [0.1, 0.15) is 24.3 Å². The van der Waals surface area contributed by atoms with Gasteiger partial charge in [-0.25, -0.2) is 9.67 Å². The zero-order valence-corrected chi connectivity index (χ0v) is 20.3. The molecule has 0 bridgehead atoms. The number of benzene rings is 1. The largest absolute Gasteiger partial charge is 0.447 e. The molecule has 11 heteroatoms. The molecule has 4 aromatic rings. The molecule has 0 spiro atoms. The third kappa shape index (κ3) is 4.43. The first-order chi connectivity index (χ1) is 17.5. The number of nitrogens with zero attached hydrogens (tertiary/aromatic N) is 3. The Morgan fingerprint density at radius 3 is 2.58 bits per heavy atom. The monoisotopic (exact) mass is 521 g/mol. The van der Waals surface area contributed by atoms with Crippen LogP contribution in [0.5, 0.6) is 0 Å². The van der Waals surface area contributed by atoms with Crippen molar-refractivity contribution >= 4 is 34.8 Å². The lowest BCUT2D eigenvalue weighted by molar-refractivity contribution is -0.182. The highest BCUT2D eigenvalue weighted by molar-refractivity contribution is 7.14. The number of aromatic nitrogens is 3. The summed E-state index contributed by atoms with van der Waals surface area (Å²) in [6.45, 7) is 0. The predicted octanol–water partition coefficient (Wildman–Crippen LogP) is 3.69. The number of thiophene rings is 1. The lowest BCUT2D eigenvalue weighted by Crippen LogP contribution is -2.61.